The molecule has 0 spiro atoms. The van der Waals surface area contributed by atoms with Crippen LogP contribution in [0.1, 0.15) is 12.5 Å². The van der Waals surface area contributed by atoms with E-state index in [0.717, 1.165) is 5.75 Å². The minimum atomic E-state index is 0.465. The van der Waals surface area contributed by atoms with E-state index in [-0.39, 0.29) is 0 Å². The average Bonchev–Trinajstić information content (AvgIpc) is 2.42. The van der Waals surface area contributed by atoms with Crippen LogP contribution in [0.25, 0.3) is 0 Å². The minimum absolute atomic E-state index is 0.465. The lowest BCUT2D eigenvalue weighted by Gasteiger charge is -2.10. The second kappa shape index (κ2) is 5.78. The van der Waals surface area contributed by atoms with Gasteiger partial charge in [0.2, 0.25) is 0 Å². The Kier molecular flexibility index (Phi) is 3.89. The van der Waals surface area contributed by atoms with Crippen molar-refractivity contribution in [1.82, 2.24) is 0 Å². The number of nitrogens with zero attached hydrogens (tertiary/aromatic N) is 1. The van der Waals surface area contributed by atoms with Crippen LogP contribution in [-0.4, -0.2) is 6.61 Å². The Balaban J connectivity index is 2.26. The van der Waals surface area contributed by atoms with Crippen LogP contribution in [0.3, 0.4) is 0 Å². The quantitative estimate of drug-likeness (QED) is 0.850. The second-order valence-electron chi connectivity index (χ2n) is 3.87. The van der Waals surface area contributed by atoms with Crippen molar-refractivity contribution in [2.45, 2.75) is 6.92 Å². The minimum Gasteiger partial charge on any atom is -0.494 e. The first-order chi connectivity index (χ1) is 9.22. The largest absolute Gasteiger partial charge is 0.494 e. The Bertz CT molecular complexity index is 618. The van der Waals surface area contributed by atoms with Crippen LogP contribution in [0.15, 0.2) is 42.5 Å². The first kappa shape index (κ1) is 12.8. The van der Waals surface area contributed by atoms with Gasteiger partial charge in [-0.05, 0) is 31.2 Å². The smallest absolute Gasteiger partial charge is 0.151 e. The molecule has 2 rings (SSSR count). The maximum absolute atomic E-state index is 8.87. The molecule has 0 heterocycles. The number of hydrogen-bond acceptors (Lipinski definition) is 4. The zero-order chi connectivity index (χ0) is 13.7. The summed E-state index contributed by atoms with van der Waals surface area (Å²) in [5, 5.41) is 8.87. The number of anilines is 1. The van der Waals surface area contributed by atoms with Gasteiger partial charge in [-0.15, -0.1) is 0 Å². The van der Waals surface area contributed by atoms with E-state index < -0.39 is 0 Å². The van der Waals surface area contributed by atoms with Gasteiger partial charge in [-0.1, -0.05) is 6.07 Å². The molecule has 4 nitrogen and oxygen atoms in total. The number of hydrogen-bond donors (Lipinski definition) is 1. The summed E-state index contributed by atoms with van der Waals surface area (Å²) in [4.78, 5) is 0. The fraction of sp³-hybridized carbons (Fsp3) is 0.133. The van der Waals surface area contributed by atoms with Gasteiger partial charge in [-0.3, -0.25) is 0 Å². The maximum atomic E-state index is 8.87. The average molecular weight is 254 g/mol. The molecule has 0 amide bonds. The molecule has 0 fully saturated rings. The monoisotopic (exact) mass is 254 g/mol. The number of nitrogen functional groups attached to an aromatic ring is 1. The molecule has 4 heteroatoms. The van der Waals surface area contributed by atoms with Crippen molar-refractivity contribution in [1.29, 1.82) is 5.26 Å². The van der Waals surface area contributed by atoms with Crippen LogP contribution in [0.2, 0.25) is 0 Å². The molecule has 0 aliphatic carbocycles. The molecule has 0 aromatic heterocycles. The lowest BCUT2D eigenvalue weighted by Crippen LogP contribution is -1.94. The Labute approximate surface area is 112 Å². The Morgan fingerprint density at radius 3 is 2.68 bits per heavy atom. The fourth-order valence-corrected chi connectivity index (χ4v) is 1.61. The van der Waals surface area contributed by atoms with Gasteiger partial charge < -0.3 is 15.2 Å². The SMILES string of the molecule is CCOc1cccc(Oc2cc(C#N)ccc2N)c1. The molecule has 96 valence electrons. The third-order valence-corrected chi connectivity index (χ3v) is 2.49. The first-order valence-electron chi connectivity index (χ1n) is 5.93. The Morgan fingerprint density at radius 2 is 1.95 bits per heavy atom. The van der Waals surface area contributed by atoms with Crippen molar-refractivity contribution in [3.63, 3.8) is 0 Å². The predicted octanol–water partition coefficient (Wildman–Crippen LogP) is 3.33. The molecule has 2 aromatic carbocycles. The second-order valence-corrected chi connectivity index (χ2v) is 3.87. The van der Waals surface area contributed by atoms with Crippen LogP contribution >= 0.6 is 0 Å². The van der Waals surface area contributed by atoms with Crippen molar-refractivity contribution in [2.24, 2.45) is 0 Å². The van der Waals surface area contributed by atoms with Gasteiger partial charge in [-0.25, -0.2) is 0 Å². The normalized spacial score (nSPS) is 9.68. The van der Waals surface area contributed by atoms with Gasteiger partial charge >= 0.3 is 0 Å². The molecule has 0 atom stereocenters. The summed E-state index contributed by atoms with van der Waals surface area (Å²) >= 11 is 0. The van der Waals surface area contributed by atoms with Gasteiger partial charge in [0, 0.05) is 12.1 Å². The third-order valence-electron chi connectivity index (χ3n) is 2.49. The number of ether oxygens (including phenoxy) is 2. The molecule has 0 radical (unpaired) electrons. The van der Waals surface area contributed by atoms with E-state index >= 15 is 0 Å². The summed E-state index contributed by atoms with van der Waals surface area (Å²) in [5.41, 5.74) is 6.81. The van der Waals surface area contributed by atoms with Gasteiger partial charge in [-0.2, -0.15) is 5.26 Å². The molecule has 0 bridgehead atoms. The molecule has 0 aliphatic rings. The molecule has 2 aromatic rings. The molecule has 19 heavy (non-hydrogen) atoms. The van der Waals surface area contributed by atoms with E-state index in [1.165, 1.54) is 0 Å². The van der Waals surface area contributed by atoms with Crippen molar-refractivity contribution in [3.05, 3.63) is 48.0 Å². The molecule has 0 aliphatic heterocycles. The van der Waals surface area contributed by atoms with E-state index in [1.54, 1.807) is 30.3 Å². The predicted molar refractivity (Wildman–Crippen MR) is 73.3 cm³/mol. The van der Waals surface area contributed by atoms with Gasteiger partial charge in [0.25, 0.3) is 0 Å². The van der Waals surface area contributed by atoms with Crippen molar-refractivity contribution >= 4 is 5.69 Å². The zero-order valence-electron chi connectivity index (χ0n) is 10.6. The van der Waals surface area contributed by atoms with E-state index in [2.05, 4.69) is 6.07 Å². The highest BCUT2D eigenvalue weighted by Gasteiger charge is 2.05. The molecular formula is C15H14N2O2. The van der Waals surface area contributed by atoms with Crippen molar-refractivity contribution in [2.75, 3.05) is 12.3 Å². The summed E-state index contributed by atoms with van der Waals surface area (Å²) in [6.45, 7) is 2.51. The standard InChI is InChI=1S/C15H14N2O2/c1-2-18-12-4-3-5-13(9-12)19-15-8-11(10-16)6-7-14(15)17/h3-9H,2,17H2,1H3. The molecule has 0 saturated heterocycles. The molecule has 2 N–H and O–H groups in total. The third kappa shape index (κ3) is 3.17. The Hall–Kier alpha value is -2.67. The van der Waals surface area contributed by atoms with Gasteiger partial charge in [0.15, 0.2) is 5.75 Å². The van der Waals surface area contributed by atoms with Crippen molar-refractivity contribution in [3.8, 4) is 23.3 Å². The van der Waals surface area contributed by atoms with E-state index in [9.17, 15) is 0 Å². The molecular weight excluding hydrogens is 240 g/mol. The summed E-state index contributed by atoms with van der Waals surface area (Å²) in [6.07, 6.45) is 0. The summed E-state index contributed by atoms with van der Waals surface area (Å²) < 4.78 is 11.1. The highest BCUT2D eigenvalue weighted by Crippen LogP contribution is 2.30. The highest BCUT2D eigenvalue weighted by atomic mass is 16.5. The summed E-state index contributed by atoms with van der Waals surface area (Å²) in [6, 6.07) is 14.2. The van der Waals surface area contributed by atoms with Crippen LogP contribution < -0.4 is 15.2 Å². The molecule has 0 unspecified atom stereocenters. The molecule has 0 saturated carbocycles. The van der Waals surface area contributed by atoms with Crippen LogP contribution in [0.5, 0.6) is 17.2 Å². The van der Waals surface area contributed by atoms with E-state index in [1.807, 2.05) is 19.1 Å². The van der Waals surface area contributed by atoms with Crippen LogP contribution in [0.4, 0.5) is 5.69 Å². The van der Waals surface area contributed by atoms with Crippen molar-refractivity contribution < 1.29 is 9.47 Å². The van der Waals surface area contributed by atoms with Crippen LogP contribution in [0, 0.1) is 11.3 Å². The Morgan fingerprint density at radius 1 is 1.16 bits per heavy atom. The highest BCUT2D eigenvalue weighted by molar-refractivity contribution is 5.57. The fourth-order valence-electron chi connectivity index (χ4n) is 1.61. The summed E-state index contributed by atoms with van der Waals surface area (Å²) in [5.74, 6) is 1.82. The summed E-state index contributed by atoms with van der Waals surface area (Å²) in [7, 11) is 0. The van der Waals surface area contributed by atoms with E-state index in [4.69, 9.17) is 20.5 Å². The lowest BCUT2D eigenvalue weighted by molar-refractivity contribution is 0.338. The number of nitrogens with two attached hydrogens (primary N) is 1. The topological polar surface area (TPSA) is 68.3 Å². The number of benzene rings is 2. The zero-order valence-corrected chi connectivity index (χ0v) is 10.6. The van der Waals surface area contributed by atoms with Crippen LogP contribution in [-0.2, 0) is 0 Å². The number of rotatable bonds is 4. The van der Waals surface area contributed by atoms with Gasteiger partial charge in [0.1, 0.15) is 11.5 Å². The van der Waals surface area contributed by atoms with E-state index in [0.29, 0.717) is 29.4 Å². The number of nitriles is 1. The van der Waals surface area contributed by atoms with Gasteiger partial charge in [0.05, 0.1) is 23.9 Å². The lowest BCUT2D eigenvalue weighted by atomic mass is 10.2. The first-order valence-corrected chi connectivity index (χ1v) is 5.93. The maximum Gasteiger partial charge on any atom is 0.151 e.